The van der Waals surface area contributed by atoms with E-state index in [-0.39, 0.29) is 17.5 Å². The lowest BCUT2D eigenvalue weighted by molar-refractivity contribution is -0.140. The fourth-order valence-corrected chi connectivity index (χ4v) is 2.86. The van der Waals surface area contributed by atoms with Crippen molar-refractivity contribution in [2.75, 3.05) is 7.11 Å². The van der Waals surface area contributed by atoms with E-state index < -0.39 is 17.8 Å². The lowest BCUT2D eigenvalue weighted by Crippen LogP contribution is -2.40. The molecular formula is C20H23ClFNO4. The lowest BCUT2D eigenvalue weighted by Gasteiger charge is -2.20. The van der Waals surface area contributed by atoms with Gasteiger partial charge in [0, 0.05) is 17.7 Å². The maximum atomic E-state index is 13.2. The van der Waals surface area contributed by atoms with E-state index in [9.17, 15) is 14.3 Å². The standard InChI is InChI=1S/C20H23ClFNO4/c1-12(2)18(20(24)25)23-10-13-5-4-6-17(26-3)19(13)27-11-14-7-8-15(22)9-16(14)21/h4-9,12,18,23H,10-11H2,1-3H3,(H,24,25). The Balaban J connectivity index is 2.20. The highest BCUT2D eigenvalue weighted by Gasteiger charge is 2.21. The molecular weight excluding hydrogens is 373 g/mol. The minimum atomic E-state index is -0.909. The van der Waals surface area contributed by atoms with Crippen LogP contribution in [0.5, 0.6) is 11.5 Å². The Kier molecular flexibility index (Phi) is 7.45. The summed E-state index contributed by atoms with van der Waals surface area (Å²) in [5, 5.41) is 12.6. The first kappa shape index (κ1) is 21.0. The normalized spacial score (nSPS) is 12.1. The van der Waals surface area contributed by atoms with E-state index >= 15 is 0 Å². The largest absolute Gasteiger partial charge is 0.493 e. The van der Waals surface area contributed by atoms with Crippen molar-refractivity contribution in [3.8, 4) is 11.5 Å². The maximum absolute atomic E-state index is 13.2. The van der Waals surface area contributed by atoms with Gasteiger partial charge in [-0.05, 0) is 24.1 Å². The summed E-state index contributed by atoms with van der Waals surface area (Å²) >= 11 is 6.05. The van der Waals surface area contributed by atoms with E-state index in [4.69, 9.17) is 21.1 Å². The Hall–Kier alpha value is -2.31. The fourth-order valence-electron chi connectivity index (χ4n) is 2.64. The van der Waals surface area contributed by atoms with Gasteiger partial charge in [0.1, 0.15) is 18.5 Å². The van der Waals surface area contributed by atoms with Crippen molar-refractivity contribution in [2.45, 2.75) is 33.0 Å². The molecule has 1 unspecified atom stereocenters. The van der Waals surface area contributed by atoms with Crippen LogP contribution in [0.3, 0.4) is 0 Å². The van der Waals surface area contributed by atoms with E-state index in [1.54, 1.807) is 18.2 Å². The summed E-state index contributed by atoms with van der Waals surface area (Å²) in [5.41, 5.74) is 1.38. The molecule has 0 spiro atoms. The van der Waals surface area contributed by atoms with Gasteiger partial charge in [0.05, 0.1) is 12.1 Å². The number of aliphatic carboxylic acids is 1. The van der Waals surface area contributed by atoms with Gasteiger partial charge in [0.15, 0.2) is 11.5 Å². The Morgan fingerprint density at radius 2 is 2.00 bits per heavy atom. The van der Waals surface area contributed by atoms with Crippen LogP contribution in [-0.4, -0.2) is 24.2 Å². The number of carboxylic acid groups (broad SMARTS) is 1. The molecule has 0 aliphatic rings. The third-order valence-corrected chi connectivity index (χ3v) is 4.46. The van der Waals surface area contributed by atoms with Crippen molar-refractivity contribution < 1.29 is 23.8 Å². The number of benzene rings is 2. The van der Waals surface area contributed by atoms with E-state index in [0.29, 0.717) is 23.6 Å². The molecule has 0 heterocycles. The molecule has 146 valence electrons. The number of halogens is 2. The highest BCUT2D eigenvalue weighted by Crippen LogP contribution is 2.32. The maximum Gasteiger partial charge on any atom is 0.320 e. The number of rotatable bonds is 9. The van der Waals surface area contributed by atoms with Crippen LogP contribution in [0.4, 0.5) is 4.39 Å². The minimum absolute atomic E-state index is 0.0736. The van der Waals surface area contributed by atoms with Crippen molar-refractivity contribution in [1.29, 1.82) is 0 Å². The minimum Gasteiger partial charge on any atom is -0.493 e. The van der Waals surface area contributed by atoms with Gasteiger partial charge < -0.3 is 14.6 Å². The van der Waals surface area contributed by atoms with Crippen LogP contribution in [0.2, 0.25) is 5.02 Å². The summed E-state index contributed by atoms with van der Waals surface area (Å²) in [6.07, 6.45) is 0. The van der Waals surface area contributed by atoms with Crippen LogP contribution in [0.15, 0.2) is 36.4 Å². The number of para-hydroxylation sites is 1. The molecule has 0 aliphatic heterocycles. The SMILES string of the molecule is COc1cccc(CNC(C(=O)O)C(C)C)c1OCc1ccc(F)cc1Cl. The first-order valence-electron chi connectivity index (χ1n) is 8.52. The third kappa shape index (κ3) is 5.58. The van der Waals surface area contributed by atoms with E-state index in [1.165, 1.54) is 19.2 Å². The highest BCUT2D eigenvalue weighted by atomic mass is 35.5. The summed E-state index contributed by atoms with van der Waals surface area (Å²) in [7, 11) is 1.53. The number of nitrogens with one attached hydrogen (secondary N) is 1. The van der Waals surface area contributed by atoms with Crippen LogP contribution >= 0.6 is 11.6 Å². The molecule has 2 rings (SSSR count). The molecule has 0 saturated carbocycles. The predicted molar refractivity (Wildman–Crippen MR) is 102 cm³/mol. The molecule has 2 aromatic rings. The lowest BCUT2D eigenvalue weighted by atomic mass is 10.0. The zero-order valence-electron chi connectivity index (χ0n) is 15.5. The topological polar surface area (TPSA) is 67.8 Å². The summed E-state index contributed by atoms with van der Waals surface area (Å²) in [6.45, 7) is 4.09. The van der Waals surface area contributed by atoms with Gasteiger partial charge in [-0.2, -0.15) is 0 Å². The molecule has 0 bridgehead atoms. The first-order valence-corrected chi connectivity index (χ1v) is 8.90. The van der Waals surface area contributed by atoms with Crippen molar-refractivity contribution in [3.05, 3.63) is 58.4 Å². The molecule has 0 radical (unpaired) electrons. The van der Waals surface area contributed by atoms with Gasteiger partial charge in [0.25, 0.3) is 0 Å². The third-order valence-electron chi connectivity index (χ3n) is 4.11. The average Bonchev–Trinajstić information content (AvgIpc) is 2.61. The molecule has 2 aromatic carbocycles. The quantitative estimate of drug-likeness (QED) is 0.663. The van der Waals surface area contributed by atoms with E-state index in [2.05, 4.69) is 5.32 Å². The van der Waals surface area contributed by atoms with Gasteiger partial charge in [0.2, 0.25) is 0 Å². The monoisotopic (exact) mass is 395 g/mol. The average molecular weight is 396 g/mol. The molecule has 0 saturated heterocycles. The van der Waals surface area contributed by atoms with Crippen molar-refractivity contribution in [1.82, 2.24) is 5.32 Å². The number of methoxy groups -OCH3 is 1. The van der Waals surface area contributed by atoms with Crippen molar-refractivity contribution in [2.24, 2.45) is 5.92 Å². The Bertz CT molecular complexity index is 798. The van der Waals surface area contributed by atoms with E-state index in [1.807, 2.05) is 19.9 Å². The molecule has 27 heavy (non-hydrogen) atoms. The van der Waals surface area contributed by atoms with Crippen LogP contribution in [0, 0.1) is 11.7 Å². The second-order valence-electron chi connectivity index (χ2n) is 6.41. The second-order valence-corrected chi connectivity index (χ2v) is 6.82. The molecule has 0 aromatic heterocycles. The number of carbonyl (C=O) groups is 1. The smallest absolute Gasteiger partial charge is 0.320 e. The number of ether oxygens (including phenoxy) is 2. The highest BCUT2D eigenvalue weighted by molar-refractivity contribution is 6.31. The summed E-state index contributed by atoms with van der Waals surface area (Å²) in [6, 6.07) is 8.80. The van der Waals surface area contributed by atoms with Crippen LogP contribution < -0.4 is 14.8 Å². The molecule has 2 N–H and O–H groups in total. The van der Waals surface area contributed by atoms with Crippen LogP contribution in [-0.2, 0) is 17.9 Å². The summed E-state index contributed by atoms with van der Waals surface area (Å²) in [5.74, 6) is -0.395. The zero-order chi connectivity index (χ0) is 20.0. The first-order chi connectivity index (χ1) is 12.8. The van der Waals surface area contributed by atoms with Crippen LogP contribution in [0.1, 0.15) is 25.0 Å². The second kappa shape index (κ2) is 9.58. The molecule has 7 heteroatoms. The number of carboxylic acids is 1. The molecule has 1 atom stereocenters. The molecule has 5 nitrogen and oxygen atoms in total. The molecule has 0 fully saturated rings. The Labute approximate surface area is 163 Å². The van der Waals surface area contributed by atoms with Gasteiger partial charge in [-0.15, -0.1) is 0 Å². The molecule has 0 amide bonds. The summed E-state index contributed by atoms with van der Waals surface area (Å²) in [4.78, 5) is 11.4. The van der Waals surface area contributed by atoms with Crippen LogP contribution in [0.25, 0.3) is 0 Å². The van der Waals surface area contributed by atoms with Crippen molar-refractivity contribution >= 4 is 17.6 Å². The molecule has 0 aliphatic carbocycles. The number of hydrogen-bond donors (Lipinski definition) is 2. The Morgan fingerprint density at radius 1 is 1.26 bits per heavy atom. The van der Waals surface area contributed by atoms with Gasteiger partial charge in [-0.3, -0.25) is 10.1 Å². The number of hydrogen-bond acceptors (Lipinski definition) is 4. The summed E-state index contributed by atoms with van der Waals surface area (Å²) < 4.78 is 24.5. The Morgan fingerprint density at radius 3 is 2.59 bits per heavy atom. The zero-order valence-corrected chi connectivity index (χ0v) is 16.2. The predicted octanol–water partition coefficient (Wildman–Crippen LogP) is 4.27. The van der Waals surface area contributed by atoms with Gasteiger partial charge >= 0.3 is 5.97 Å². The van der Waals surface area contributed by atoms with E-state index in [0.717, 1.165) is 5.56 Å². The van der Waals surface area contributed by atoms with Gasteiger partial charge in [-0.1, -0.05) is 43.6 Å². The van der Waals surface area contributed by atoms with Gasteiger partial charge in [-0.25, -0.2) is 4.39 Å². The van der Waals surface area contributed by atoms with Crippen molar-refractivity contribution in [3.63, 3.8) is 0 Å². The fraction of sp³-hybridized carbons (Fsp3) is 0.350.